The summed E-state index contributed by atoms with van der Waals surface area (Å²) in [5, 5.41) is 0.449. The van der Waals surface area contributed by atoms with Crippen LogP contribution in [0.15, 0.2) is 66.0 Å². The normalized spacial score (nSPS) is 11.0. The number of rotatable bonds is 3. The lowest BCUT2D eigenvalue weighted by molar-refractivity contribution is 0.779. The van der Waals surface area contributed by atoms with Gasteiger partial charge in [0.25, 0.3) is 0 Å². The molecule has 0 saturated heterocycles. The number of aromatic nitrogens is 5. The first-order chi connectivity index (χ1) is 11.7. The van der Waals surface area contributed by atoms with Gasteiger partial charge in [-0.1, -0.05) is 17.7 Å². The van der Waals surface area contributed by atoms with Crippen molar-refractivity contribution in [3.8, 4) is 17.2 Å². The van der Waals surface area contributed by atoms with Gasteiger partial charge in [-0.2, -0.15) is 4.98 Å². The molecular formula is C17H12ClN5O. The van der Waals surface area contributed by atoms with Gasteiger partial charge in [-0.15, -0.1) is 0 Å². The van der Waals surface area contributed by atoms with Crippen LogP contribution >= 0.6 is 11.6 Å². The van der Waals surface area contributed by atoms with Crippen molar-refractivity contribution in [3.05, 3.63) is 82.4 Å². The molecule has 2 aliphatic rings. The summed E-state index contributed by atoms with van der Waals surface area (Å²) in [5.41, 5.74) is 2.07. The molecular weight excluding hydrogens is 326 g/mol. The number of imidazole rings is 1. The zero-order valence-electron chi connectivity index (χ0n) is 12.5. The molecule has 0 spiro atoms. The number of fused-ring (bicyclic) bond motifs is 1. The predicted octanol–water partition coefficient (Wildman–Crippen LogP) is 2.63. The lowest BCUT2D eigenvalue weighted by atomic mass is 10.2. The highest BCUT2D eigenvalue weighted by Crippen LogP contribution is 2.22. The van der Waals surface area contributed by atoms with Crippen molar-refractivity contribution >= 4 is 11.6 Å². The molecule has 0 radical (unpaired) electrons. The zero-order valence-corrected chi connectivity index (χ0v) is 13.3. The molecule has 2 aliphatic heterocycles. The second kappa shape index (κ2) is 5.90. The van der Waals surface area contributed by atoms with Gasteiger partial charge in [0.15, 0.2) is 5.82 Å². The van der Waals surface area contributed by atoms with Gasteiger partial charge in [0.2, 0.25) is 0 Å². The van der Waals surface area contributed by atoms with Crippen LogP contribution in [0.25, 0.3) is 17.2 Å². The van der Waals surface area contributed by atoms with Crippen LogP contribution in [-0.4, -0.2) is 24.1 Å². The Hall–Kier alpha value is -2.99. The van der Waals surface area contributed by atoms with Crippen molar-refractivity contribution < 1.29 is 0 Å². The minimum Gasteiger partial charge on any atom is -0.327 e. The topological polar surface area (TPSA) is 65.6 Å². The number of hydrogen-bond acceptors (Lipinski definition) is 4. The highest BCUT2D eigenvalue weighted by molar-refractivity contribution is 6.29. The summed E-state index contributed by atoms with van der Waals surface area (Å²) >= 11 is 5.82. The molecule has 6 nitrogen and oxygen atoms in total. The Kier molecular flexibility index (Phi) is 3.59. The van der Waals surface area contributed by atoms with Crippen molar-refractivity contribution in [1.29, 1.82) is 0 Å². The van der Waals surface area contributed by atoms with E-state index in [9.17, 15) is 4.79 Å². The van der Waals surface area contributed by atoms with Crippen LogP contribution in [0.1, 0.15) is 5.56 Å². The summed E-state index contributed by atoms with van der Waals surface area (Å²) in [5.74, 6) is 0.612. The van der Waals surface area contributed by atoms with Gasteiger partial charge in [-0.3, -0.25) is 9.55 Å². The standard InChI is InChI=1S/C17H12ClN5O/c18-15-6-5-12(9-20-15)11-22-8-2-4-14-16(22)21-17(24)23(14)13-3-1-7-19-10-13/h1-10H,11H2. The van der Waals surface area contributed by atoms with E-state index in [4.69, 9.17) is 11.6 Å². The number of nitrogens with zero attached hydrogens (tertiary/aromatic N) is 5. The summed E-state index contributed by atoms with van der Waals surface area (Å²) < 4.78 is 3.47. The summed E-state index contributed by atoms with van der Waals surface area (Å²) in [6, 6.07) is 11.0. The first kappa shape index (κ1) is 14.6. The number of pyridine rings is 3. The molecule has 4 heterocycles. The molecule has 0 bridgehead atoms. The third-order valence-electron chi connectivity index (χ3n) is 3.70. The number of hydrogen-bond donors (Lipinski definition) is 0. The van der Waals surface area contributed by atoms with E-state index >= 15 is 0 Å². The quantitative estimate of drug-likeness (QED) is 0.539. The first-order valence-corrected chi connectivity index (χ1v) is 7.69. The highest BCUT2D eigenvalue weighted by Gasteiger charge is 2.18. The van der Waals surface area contributed by atoms with Gasteiger partial charge in [0.1, 0.15) is 5.15 Å². The van der Waals surface area contributed by atoms with E-state index in [0.29, 0.717) is 23.2 Å². The Balaban J connectivity index is 1.79. The van der Waals surface area contributed by atoms with Crippen molar-refractivity contribution in [2.24, 2.45) is 0 Å². The van der Waals surface area contributed by atoms with Gasteiger partial charge < -0.3 is 4.57 Å². The molecule has 0 atom stereocenters. The maximum atomic E-state index is 12.4. The molecule has 0 unspecified atom stereocenters. The Morgan fingerprint density at radius 1 is 1.08 bits per heavy atom. The van der Waals surface area contributed by atoms with Crippen molar-refractivity contribution in [3.63, 3.8) is 0 Å². The van der Waals surface area contributed by atoms with Crippen LogP contribution in [0.4, 0.5) is 0 Å². The molecule has 2 aromatic rings. The molecule has 0 fully saturated rings. The number of halogens is 1. The van der Waals surface area contributed by atoms with Crippen molar-refractivity contribution in [2.45, 2.75) is 6.54 Å². The molecule has 24 heavy (non-hydrogen) atoms. The van der Waals surface area contributed by atoms with Crippen LogP contribution < -0.4 is 5.69 Å². The van der Waals surface area contributed by atoms with Crippen molar-refractivity contribution in [2.75, 3.05) is 0 Å². The second-order valence-corrected chi connectivity index (χ2v) is 5.66. The predicted molar refractivity (Wildman–Crippen MR) is 90.6 cm³/mol. The summed E-state index contributed by atoms with van der Waals surface area (Å²) in [6.07, 6.45) is 6.91. The Morgan fingerprint density at radius 3 is 2.75 bits per heavy atom. The summed E-state index contributed by atoms with van der Waals surface area (Å²) in [4.78, 5) is 24.7. The fourth-order valence-corrected chi connectivity index (χ4v) is 2.74. The second-order valence-electron chi connectivity index (χ2n) is 5.28. The minimum absolute atomic E-state index is 0.327. The third kappa shape index (κ3) is 2.57. The molecule has 118 valence electrons. The average molecular weight is 338 g/mol. The monoisotopic (exact) mass is 337 g/mol. The fraction of sp³-hybridized carbons (Fsp3) is 0.0588. The van der Waals surface area contributed by atoms with E-state index in [0.717, 1.165) is 11.3 Å². The smallest absolute Gasteiger partial charge is 0.327 e. The van der Waals surface area contributed by atoms with E-state index in [-0.39, 0.29) is 5.69 Å². The Morgan fingerprint density at radius 2 is 2.00 bits per heavy atom. The van der Waals surface area contributed by atoms with Crippen LogP contribution in [-0.2, 0) is 6.54 Å². The van der Waals surface area contributed by atoms with Crippen LogP contribution in [0.2, 0.25) is 5.15 Å². The fourth-order valence-electron chi connectivity index (χ4n) is 2.63. The van der Waals surface area contributed by atoms with Crippen LogP contribution in [0, 0.1) is 0 Å². The Labute approximate surface area is 142 Å². The SMILES string of the molecule is O=c1nc2n(Cc3ccc(Cl)nc3)cccc-2n1-c1cccnc1. The van der Waals surface area contributed by atoms with E-state index in [1.54, 1.807) is 35.3 Å². The Bertz CT molecular complexity index is 1010. The average Bonchev–Trinajstić information content (AvgIpc) is 2.95. The van der Waals surface area contributed by atoms with Crippen molar-refractivity contribution in [1.82, 2.24) is 24.1 Å². The highest BCUT2D eigenvalue weighted by atomic mass is 35.5. The molecule has 2 aromatic heterocycles. The van der Waals surface area contributed by atoms with Gasteiger partial charge >= 0.3 is 5.69 Å². The van der Waals surface area contributed by atoms with Gasteiger partial charge in [-0.05, 0) is 35.9 Å². The largest absolute Gasteiger partial charge is 0.354 e. The minimum atomic E-state index is -0.327. The van der Waals surface area contributed by atoms with Gasteiger partial charge in [0.05, 0.1) is 24.1 Å². The van der Waals surface area contributed by atoms with E-state index < -0.39 is 0 Å². The summed E-state index contributed by atoms with van der Waals surface area (Å²) in [6.45, 7) is 0.547. The molecule has 0 saturated carbocycles. The lowest BCUT2D eigenvalue weighted by Gasteiger charge is -2.12. The third-order valence-corrected chi connectivity index (χ3v) is 3.92. The lowest BCUT2D eigenvalue weighted by Crippen LogP contribution is -2.14. The van der Waals surface area contributed by atoms with Crippen LogP contribution in [0.3, 0.4) is 0 Å². The van der Waals surface area contributed by atoms with Gasteiger partial charge in [-0.25, -0.2) is 9.78 Å². The van der Waals surface area contributed by atoms with Crippen LogP contribution in [0.5, 0.6) is 0 Å². The molecule has 4 rings (SSSR count). The molecule has 0 amide bonds. The van der Waals surface area contributed by atoms with E-state index in [1.165, 1.54) is 0 Å². The van der Waals surface area contributed by atoms with E-state index in [1.807, 2.05) is 35.0 Å². The van der Waals surface area contributed by atoms with E-state index in [2.05, 4.69) is 15.0 Å². The summed E-state index contributed by atoms with van der Waals surface area (Å²) in [7, 11) is 0. The first-order valence-electron chi connectivity index (χ1n) is 7.31. The molecule has 0 aromatic carbocycles. The van der Waals surface area contributed by atoms with Gasteiger partial charge in [0, 0.05) is 18.6 Å². The molecule has 0 N–H and O–H groups in total. The molecule has 0 aliphatic carbocycles. The maximum absolute atomic E-state index is 12.4. The molecule has 7 heteroatoms. The zero-order chi connectivity index (χ0) is 16.5. The maximum Gasteiger partial charge on any atom is 0.354 e.